The first-order valence-electron chi connectivity index (χ1n) is 9.82. The number of methoxy groups -OCH3 is 1. The summed E-state index contributed by atoms with van der Waals surface area (Å²) >= 11 is 0. The molecule has 2 aromatic heterocycles. The van der Waals surface area contributed by atoms with Gasteiger partial charge in [0.2, 0.25) is 5.76 Å². The maximum atomic E-state index is 12.6. The first kappa shape index (κ1) is 20.3. The lowest BCUT2D eigenvalue weighted by Crippen LogP contribution is -2.22. The number of ether oxygens (including phenoxy) is 2. The highest BCUT2D eigenvalue weighted by Gasteiger charge is 2.29. The molecule has 8 heteroatoms. The Labute approximate surface area is 178 Å². The summed E-state index contributed by atoms with van der Waals surface area (Å²) in [6.45, 7) is 1.78. The van der Waals surface area contributed by atoms with Crippen LogP contribution in [0.1, 0.15) is 50.6 Å². The van der Waals surface area contributed by atoms with Crippen molar-refractivity contribution in [1.29, 1.82) is 0 Å². The van der Waals surface area contributed by atoms with Crippen LogP contribution in [-0.2, 0) is 6.42 Å². The fraction of sp³-hybridized carbons (Fsp3) is 0.217. The number of hydrazone groups is 1. The van der Waals surface area contributed by atoms with Gasteiger partial charge in [0.05, 0.1) is 19.0 Å². The van der Waals surface area contributed by atoms with Gasteiger partial charge in [0.25, 0.3) is 5.91 Å². The van der Waals surface area contributed by atoms with Gasteiger partial charge in [-0.2, -0.15) is 5.10 Å². The standard InChI is InChI=1S/C23H21N3O5/c1-14-20-18(25-26-22(27)15-6-3-7-16(12-15)29-2)9-4-10-19(20)31-21(14)23(28)30-17-8-5-11-24-13-17/h3,5-8,11-13H,4,9-10H2,1-2H3,(H,26,27)/b25-18+. The summed E-state index contributed by atoms with van der Waals surface area (Å²) in [5, 5.41) is 4.33. The lowest BCUT2D eigenvalue weighted by atomic mass is 9.93. The minimum Gasteiger partial charge on any atom is -0.497 e. The molecule has 0 bridgehead atoms. The minimum absolute atomic E-state index is 0.127. The van der Waals surface area contributed by atoms with Crippen LogP contribution in [-0.4, -0.2) is 29.7 Å². The molecule has 0 unspecified atom stereocenters. The molecule has 0 saturated heterocycles. The van der Waals surface area contributed by atoms with Crippen molar-refractivity contribution in [3.63, 3.8) is 0 Å². The molecule has 0 radical (unpaired) electrons. The molecule has 1 aliphatic carbocycles. The molecule has 31 heavy (non-hydrogen) atoms. The van der Waals surface area contributed by atoms with E-state index >= 15 is 0 Å². The summed E-state index contributed by atoms with van der Waals surface area (Å²) in [6.07, 6.45) is 5.18. The van der Waals surface area contributed by atoms with Crippen molar-refractivity contribution < 1.29 is 23.5 Å². The third kappa shape index (κ3) is 4.32. The van der Waals surface area contributed by atoms with E-state index in [1.165, 1.54) is 6.20 Å². The lowest BCUT2D eigenvalue weighted by Gasteiger charge is -2.13. The van der Waals surface area contributed by atoms with Gasteiger partial charge in [-0.05, 0) is 50.1 Å². The molecule has 0 atom stereocenters. The van der Waals surface area contributed by atoms with Crippen molar-refractivity contribution in [1.82, 2.24) is 10.4 Å². The number of amides is 1. The van der Waals surface area contributed by atoms with Gasteiger partial charge in [0.15, 0.2) is 0 Å². The van der Waals surface area contributed by atoms with Crippen LogP contribution in [0.25, 0.3) is 0 Å². The first-order chi connectivity index (χ1) is 15.1. The largest absolute Gasteiger partial charge is 0.497 e. The Morgan fingerprint density at radius 1 is 1.16 bits per heavy atom. The zero-order valence-corrected chi connectivity index (χ0v) is 17.2. The topological polar surface area (TPSA) is 103 Å². The summed E-state index contributed by atoms with van der Waals surface area (Å²) in [5.74, 6) is 0.762. The molecule has 4 rings (SSSR count). The molecule has 1 N–H and O–H groups in total. The number of benzene rings is 1. The number of fused-ring (bicyclic) bond motifs is 1. The van der Waals surface area contributed by atoms with Crippen molar-refractivity contribution in [3.05, 3.63) is 77.0 Å². The molecule has 158 valence electrons. The molecule has 0 fully saturated rings. The average Bonchev–Trinajstić information content (AvgIpc) is 3.15. The van der Waals surface area contributed by atoms with Crippen molar-refractivity contribution in [2.45, 2.75) is 26.2 Å². The van der Waals surface area contributed by atoms with Crippen LogP contribution in [0.4, 0.5) is 0 Å². The Bertz CT molecular complexity index is 1150. The van der Waals surface area contributed by atoms with Crippen LogP contribution in [0, 0.1) is 6.92 Å². The molecular formula is C23H21N3O5. The number of nitrogens with one attached hydrogen (secondary N) is 1. The van der Waals surface area contributed by atoms with E-state index in [0.29, 0.717) is 46.9 Å². The first-order valence-corrected chi connectivity index (χ1v) is 9.82. The summed E-state index contributed by atoms with van der Waals surface area (Å²) in [7, 11) is 1.54. The fourth-order valence-electron chi connectivity index (χ4n) is 3.48. The predicted molar refractivity (Wildman–Crippen MR) is 113 cm³/mol. The van der Waals surface area contributed by atoms with Gasteiger partial charge in [0, 0.05) is 29.3 Å². The SMILES string of the molecule is COc1cccc(C(=O)N/N=C2\CCCc3oc(C(=O)Oc4cccnc4)c(C)c32)c1. The Kier molecular flexibility index (Phi) is 5.79. The molecule has 1 amide bonds. The molecule has 0 spiro atoms. The quantitative estimate of drug-likeness (QED) is 0.500. The Morgan fingerprint density at radius 3 is 2.77 bits per heavy atom. The molecule has 8 nitrogen and oxygen atoms in total. The Morgan fingerprint density at radius 2 is 2.00 bits per heavy atom. The van der Waals surface area contributed by atoms with Gasteiger partial charge < -0.3 is 13.9 Å². The van der Waals surface area contributed by atoms with E-state index in [1.807, 2.05) is 0 Å². The number of rotatable bonds is 5. The molecule has 0 aliphatic heterocycles. The van der Waals surface area contributed by atoms with Crippen LogP contribution in [0.2, 0.25) is 0 Å². The number of aryl methyl sites for hydroxylation is 1. The van der Waals surface area contributed by atoms with Crippen molar-refractivity contribution in [2.75, 3.05) is 7.11 Å². The highest BCUT2D eigenvalue weighted by Crippen LogP contribution is 2.30. The maximum absolute atomic E-state index is 12.6. The highest BCUT2D eigenvalue weighted by molar-refractivity contribution is 6.06. The van der Waals surface area contributed by atoms with E-state index in [0.717, 1.165) is 12.0 Å². The Hall–Kier alpha value is -3.94. The van der Waals surface area contributed by atoms with Gasteiger partial charge >= 0.3 is 5.97 Å². The van der Waals surface area contributed by atoms with E-state index in [2.05, 4.69) is 15.5 Å². The fourth-order valence-corrected chi connectivity index (χ4v) is 3.48. The van der Waals surface area contributed by atoms with Gasteiger partial charge in [0.1, 0.15) is 17.3 Å². The van der Waals surface area contributed by atoms with Gasteiger partial charge in [-0.1, -0.05) is 6.07 Å². The average molecular weight is 419 g/mol. The molecule has 0 saturated carbocycles. The zero-order valence-electron chi connectivity index (χ0n) is 17.2. The van der Waals surface area contributed by atoms with E-state index in [4.69, 9.17) is 13.9 Å². The summed E-state index contributed by atoms with van der Waals surface area (Å²) in [4.78, 5) is 29.0. The van der Waals surface area contributed by atoms with Crippen LogP contribution >= 0.6 is 0 Å². The summed E-state index contributed by atoms with van der Waals surface area (Å²) < 4.78 is 16.3. The lowest BCUT2D eigenvalue weighted by molar-refractivity contribution is 0.0697. The summed E-state index contributed by atoms with van der Waals surface area (Å²) in [5.41, 5.74) is 5.08. The molecule has 3 aromatic rings. The number of aromatic nitrogens is 1. The molecule has 2 heterocycles. The third-order valence-corrected chi connectivity index (χ3v) is 4.98. The number of hydrogen-bond donors (Lipinski definition) is 1. The number of carbonyl (C=O) groups excluding carboxylic acids is 2. The maximum Gasteiger partial charge on any atom is 0.379 e. The monoisotopic (exact) mass is 419 g/mol. The second-order valence-electron chi connectivity index (χ2n) is 7.02. The van der Waals surface area contributed by atoms with Gasteiger partial charge in [-0.3, -0.25) is 9.78 Å². The van der Waals surface area contributed by atoms with Crippen LogP contribution in [0.3, 0.4) is 0 Å². The van der Waals surface area contributed by atoms with E-state index in [9.17, 15) is 9.59 Å². The van der Waals surface area contributed by atoms with Gasteiger partial charge in [-0.15, -0.1) is 0 Å². The number of pyridine rings is 1. The predicted octanol–water partition coefficient (Wildman–Crippen LogP) is 3.68. The number of carbonyl (C=O) groups is 2. The zero-order chi connectivity index (χ0) is 21.8. The Balaban J connectivity index is 1.56. The number of nitrogens with zero attached hydrogens (tertiary/aromatic N) is 2. The number of furan rings is 1. The van der Waals surface area contributed by atoms with Crippen molar-refractivity contribution >= 4 is 17.6 Å². The third-order valence-electron chi connectivity index (χ3n) is 4.98. The molecular weight excluding hydrogens is 398 g/mol. The molecule has 1 aromatic carbocycles. The minimum atomic E-state index is -0.598. The van der Waals surface area contributed by atoms with Crippen LogP contribution in [0.5, 0.6) is 11.5 Å². The van der Waals surface area contributed by atoms with E-state index in [-0.39, 0.29) is 11.7 Å². The normalized spacial score (nSPS) is 14.1. The second-order valence-corrected chi connectivity index (χ2v) is 7.02. The number of esters is 1. The summed E-state index contributed by atoms with van der Waals surface area (Å²) in [6, 6.07) is 10.1. The van der Waals surface area contributed by atoms with E-state index < -0.39 is 5.97 Å². The van der Waals surface area contributed by atoms with Crippen molar-refractivity contribution in [3.8, 4) is 11.5 Å². The van der Waals surface area contributed by atoms with Crippen molar-refractivity contribution in [2.24, 2.45) is 5.10 Å². The van der Waals surface area contributed by atoms with Crippen LogP contribution in [0.15, 0.2) is 58.3 Å². The van der Waals surface area contributed by atoms with Gasteiger partial charge in [-0.25, -0.2) is 10.2 Å². The second kappa shape index (κ2) is 8.83. The number of hydrogen-bond acceptors (Lipinski definition) is 7. The molecule has 1 aliphatic rings. The highest BCUT2D eigenvalue weighted by atomic mass is 16.5. The van der Waals surface area contributed by atoms with Crippen LogP contribution < -0.4 is 14.9 Å². The smallest absolute Gasteiger partial charge is 0.379 e. The van der Waals surface area contributed by atoms with E-state index in [1.54, 1.807) is 56.6 Å².